The van der Waals surface area contributed by atoms with Crippen LogP contribution < -0.4 is 5.32 Å². The van der Waals surface area contributed by atoms with Crippen molar-refractivity contribution in [2.75, 3.05) is 13.2 Å². The smallest absolute Gasteiger partial charge is 0.0627 e. The first-order valence-electron chi connectivity index (χ1n) is 6.08. The van der Waals surface area contributed by atoms with Crippen molar-refractivity contribution in [1.82, 2.24) is 9.88 Å². The molecule has 0 aliphatic carbocycles. The van der Waals surface area contributed by atoms with E-state index in [0.29, 0.717) is 0 Å². The summed E-state index contributed by atoms with van der Waals surface area (Å²) in [6.07, 6.45) is 0. The fourth-order valence-electron chi connectivity index (χ4n) is 2.49. The second kappa shape index (κ2) is 4.90. The second-order valence-corrected chi connectivity index (χ2v) is 4.37. The number of fused-ring (bicyclic) bond motifs is 1. The molecule has 0 bridgehead atoms. The van der Waals surface area contributed by atoms with E-state index in [0.717, 1.165) is 6.54 Å². The van der Waals surface area contributed by atoms with Gasteiger partial charge in [0.05, 0.1) is 12.6 Å². The maximum Gasteiger partial charge on any atom is 0.0627 e. The lowest BCUT2D eigenvalue weighted by molar-refractivity contribution is 0.246. The molecular weight excluding hydrogens is 212 g/mol. The van der Waals surface area contributed by atoms with E-state index < -0.39 is 0 Å². The Balaban J connectivity index is 2.63. The summed E-state index contributed by atoms with van der Waals surface area (Å²) in [6, 6.07) is 8.36. The van der Waals surface area contributed by atoms with Gasteiger partial charge in [0.2, 0.25) is 0 Å². The minimum absolute atomic E-state index is 0.0195. The van der Waals surface area contributed by atoms with Crippen LogP contribution in [0.15, 0.2) is 24.3 Å². The average Bonchev–Trinajstić information content (AvgIpc) is 2.61. The van der Waals surface area contributed by atoms with Gasteiger partial charge < -0.3 is 15.0 Å². The number of benzene rings is 1. The summed E-state index contributed by atoms with van der Waals surface area (Å²) in [5, 5.41) is 14.1. The fourth-order valence-corrected chi connectivity index (χ4v) is 2.49. The Kier molecular flexibility index (Phi) is 3.50. The highest BCUT2D eigenvalue weighted by Crippen LogP contribution is 2.29. The van der Waals surface area contributed by atoms with Crippen molar-refractivity contribution in [3.8, 4) is 0 Å². The molecule has 2 rings (SSSR count). The number of aryl methyl sites for hydroxylation is 1. The molecule has 2 N–H and O–H groups in total. The Hall–Kier alpha value is -1.32. The van der Waals surface area contributed by atoms with E-state index in [1.54, 1.807) is 0 Å². The summed E-state index contributed by atoms with van der Waals surface area (Å²) in [6.45, 7) is 5.15. The van der Waals surface area contributed by atoms with Crippen LogP contribution in [0, 0.1) is 6.92 Å². The van der Waals surface area contributed by atoms with Gasteiger partial charge in [0, 0.05) is 23.6 Å². The first kappa shape index (κ1) is 12.1. The van der Waals surface area contributed by atoms with Crippen LogP contribution in [-0.2, 0) is 7.05 Å². The van der Waals surface area contributed by atoms with Crippen molar-refractivity contribution >= 4 is 10.9 Å². The molecule has 0 saturated carbocycles. The molecule has 2 aromatic rings. The molecule has 3 nitrogen and oxygen atoms in total. The lowest BCUT2D eigenvalue weighted by Crippen LogP contribution is -2.24. The molecule has 1 unspecified atom stereocenters. The van der Waals surface area contributed by atoms with Crippen LogP contribution in [0.2, 0.25) is 0 Å². The molecule has 3 heteroatoms. The van der Waals surface area contributed by atoms with Gasteiger partial charge >= 0.3 is 0 Å². The van der Waals surface area contributed by atoms with Crippen molar-refractivity contribution in [2.24, 2.45) is 7.05 Å². The van der Waals surface area contributed by atoms with E-state index in [-0.39, 0.29) is 12.6 Å². The molecule has 0 amide bonds. The van der Waals surface area contributed by atoms with E-state index in [2.05, 4.69) is 42.9 Å². The van der Waals surface area contributed by atoms with Gasteiger partial charge in [-0.05, 0) is 25.1 Å². The van der Waals surface area contributed by atoms with Crippen molar-refractivity contribution in [2.45, 2.75) is 19.9 Å². The molecule has 0 spiro atoms. The largest absolute Gasteiger partial charge is 0.394 e. The zero-order valence-electron chi connectivity index (χ0n) is 10.7. The third-order valence-electron chi connectivity index (χ3n) is 3.43. The normalized spacial score (nSPS) is 13.2. The predicted octanol–water partition coefficient (Wildman–Crippen LogP) is 2.13. The standard InChI is InChI=1S/C14H20N2O/c1-4-15-12(9-17)14-10(2)16(3)13-8-6-5-7-11(13)14/h5-8,12,15,17H,4,9H2,1-3H3. The first-order chi connectivity index (χ1) is 8.20. The number of hydrogen-bond donors (Lipinski definition) is 2. The molecule has 1 aromatic carbocycles. The van der Waals surface area contributed by atoms with Gasteiger partial charge in [0.15, 0.2) is 0 Å². The number of likely N-dealkylation sites (N-methyl/N-ethyl adjacent to an activating group) is 1. The minimum Gasteiger partial charge on any atom is -0.394 e. The van der Waals surface area contributed by atoms with E-state index in [4.69, 9.17) is 0 Å². The van der Waals surface area contributed by atoms with E-state index in [1.807, 2.05) is 12.1 Å². The number of aromatic nitrogens is 1. The molecule has 92 valence electrons. The van der Waals surface area contributed by atoms with Gasteiger partial charge in [-0.3, -0.25) is 0 Å². The summed E-state index contributed by atoms with van der Waals surface area (Å²) >= 11 is 0. The topological polar surface area (TPSA) is 37.2 Å². The summed E-state index contributed by atoms with van der Waals surface area (Å²) in [4.78, 5) is 0. The van der Waals surface area contributed by atoms with Crippen LogP contribution >= 0.6 is 0 Å². The van der Waals surface area contributed by atoms with Crippen molar-refractivity contribution in [3.63, 3.8) is 0 Å². The Labute approximate surface area is 102 Å². The van der Waals surface area contributed by atoms with Crippen molar-refractivity contribution < 1.29 is 5.11 Å². The summed E-state index contributed by atoms with van der Waals surface area (Å²) in [7, 11) is 2.07. The van der Waals surface area contributed by atoms with Gasteiger partial charge in [-0.15, -0.1) is 0 Å². The highest BCUT2D eigenvalue weighted by molar-refractivity contribution is 5.86. The molecule has 1 atom stereocenters. The minimum atomic E-state index is 0.0195. The zero-order chi connectivity index (χ0) is 12.4. The Morgan fingerprint density at radius 3 is 2.71 bits per heavy atom. The third-order valence-corrected chi connectivity index (χ3v) is 3.43. The maximum atomic E-state index is 9.53. The molecular formula is C14H20N2O. The lowest BCUT2D eigenvalue weighted by Gasteiger charge is -2.16. The molecule has 0 fully saturated rings. The highest BCUT2D eigenvalue weighted by Gasteiger charge is 2.18. The van der Waals surface area contributed by atoms with Crippen LogP contribution in [0.3, 0.4) is 0 Å². The highest BCUT2D eigenvalue weighted by atomic mass is 16.3. The van der Waals surface area contributed by atoms with Crippen molar-refractivity contribution in [1.29, 1.82) is 0 Å². The number of nitrogens with zero attached hydrogens (tertiary/aromatic N) is 1. The molecule has 0 aliphatic rings. The fraction of sp³-hybridized carbons (Fsp3) is 0.429. The Bertz CT molecular complexity index is 516. The predicted molar refractivity (Wildman–Crippen MR) is 71.2 cm³/mol. The SMILES string of the molecule is CCNC(CO)c1c(C)n(C)c2ccccc12. The van der Waals surface area contributed by atoms with Gasteiger partial charge in [0.25, 0.3) is 0 Å². The van der Waals surface area contributed by atoms with Gasteiger partial charge in [-0.2, -0.15) is 0 Å². The van der Waals surface area contributed by atoms with Crippen LogP contribution in [0.25, 0.3) is 10.9 Å². The van der Waals surface area contributed by atoms with Crippen LogP contribution in [0.1, 0.15) is 24.2 Å². The quantitative estimate of drug-likeness (QED) is 0.847. The number of hydrogen-bond acceptors (Lipinski definition) is 2. The Morgan fingerprint density at radius 2 is 2.06 bits per heavy atom. The second-order valence-electron chi connectivity index (χ2n) is 4.37. The maximum absolute atomic E-state index is 9.53. The molecule has 17 heavy (non-hydrogen) atoms. The number of aliphatic hydroxyl groups is 1. The number of para-hydroxylation sites is 1. The number of aliphatic hydroxyl groups excluding tert-OH is 1. The molecule has 0 radical (unpaired) electrons. The van der Waals surface area contributed by atoms with Crippen molar-refractivity contribution in [3.05, 3.63) is 35.5 Å². The third kappa shape index (κ3) is 1.96. The van der Waals surface area contributed by atoms with E-state index in [9.17, 15) is 5.11 Å². The molecule has 1 heterocycles. The monoisotopic (exact) mass is 232 g/mol. The molecule has 1 aromatic heterocycles. The molecule has 0 saturated heterocycles. The van der Waals surface area contributed by atoms with Crippen LogP contribution in [-0.4, -0.2) is 22.8 Å². The van der Waals surface area contributed by atoms with Crippen LogP contribution in [0.4, 0.5) is 0 Å². The van der Waals surface area contributed by atoms with Gasteiger partial charge in [-0.25, -0.2) is 0 Å². The van der Waals surface area contributed by atoms with E-state index in [1.165, 1.54) is 22.2 Å². The summed E-state index contributed by atoms with van der Waals surface area (Å²) in [5.41, 5.74) is 3.65. The lowest BCUT2D eigenvalue weighted by atomic mass is 10.0. The van der Waals surface area contributed by atoms with Gasteiger partial charge in [0.1, 0.15) is 0 Å². The Morgan fingerprint density at radius 1 is 1.35 bits per heavy atom. The number of rotatable bonds is 4. The van der Waals surface area contributed by atoms with Gasteiger partial charge in [-0.1, -0.05) is 25.1 Å². The van der Waals surface area contributed by atoms with E-state index >= 15 is 0 Å². The summed E-state index contributed by atoms with van der Waals surface area (Å²) < 4.78 is 2.19. The molecule has 0 aliphatic heterocycles. The first-order valence-corrected chi connectivity index (χ1v) is 6.08. The number of nitrogens with one attached hydrogen (secondary N) is 1. The van der Waals surface area contributed by atoms with Crippen LogP contribution in [0.5, 0.6) is 0 Å². The summed E-state index contributed by atoms with van der Waals surface area (Å²) in [5.74, 6) is 0. The average molecular weight is 232 g/mol. The zero-order valence-corrected chi connectivity index (χ0v) is 10.7.